The first kappa shape index (κ1) is 126. The minimum atomic E-state index is -7.75. The van der Waals surface area contributed by atoms with Gasteiger partial charge in [0.05, 0.1) is 13.2 Å². The third-order valence-corrected chi connectivity index (χ3v) is 10.5. The molecular weight excluding hydrogens is 1810 g/mol. The molecular formula is C53H44F54O9. The van der Waals surface area contributed by atoms with Crippen molar-refractivity contribution >= 4 is 29.7 Å². The Kier molecular flexibility index (Phi) is 52.0. The molecule has 0 amide bonds. The van der Waals surface area contributed by atoms with Crippen molar-refractivity contribution in [1.82, 2.24) is 0 Å². The van der Waals surface area contributed by atoms with Crippen molar-refractivity contribution in [3.8, 4) is 0 Å². The minimum Gasteiger partial charge on any atom is -0.464 e. The maximum Gasteiger partial charge on any atom is 0.460 e. The molecule has 688 valence electrons. The fourth-order valence-corrected chi connectivity index (χ4v) is 4.46. The van der Waals surface area contributed by atoms with E-state index in [-0.39, 0.29) is 13.2 Å². The summed E-state index contributed by atoms with van der Waals surface area (Å²) < 4.78 is 652. The van der Waals surface area contributed by atoms with Crippen LogP contribution in [0.1, 0.15) is 74.7 Å². The number of carbonyl (C=O) groups excluding carboxylic acids is 5. The van der Waals surface area contributed by atoms with Gasteiger partial charge >= 0.3 is 127 Å². The summed E-state index contributed by atoms with van der Waals surface area (Å²) in [6, 6.07) is 0. The maximum absolute atomic E-state index is 12.5. The van der Waals surface area contributed by atoms with Gasteiger partial charge in [-0.3, -0.25) is 4.79 Å². The van der Waals surface area contributed by atoms with Crippen molar-refractivity contribution in [3.05, 3.63) is 95.7 Å². The average molecular weight is 1850 g/mol. The summed E-state index contributed by atoms with van der Waals surface area (Å²) in [7, 11) is 0.964. The lowest BCUT2D eigenvalue weighted by Crippen LogP contribution is -2.66. The van der Waals surface area contributed by atoms with Gasteiger partial charge in [-0.15, -0.1) is 0 Å². The number of Topliss-reactive ketones (excluding diaryl/α,β-unsaturated/α-hetero) is 1. The molecule has 0 aromatic rings. The fraction of sp³-hybridized carbons (Fsp3) is 0.604. The van der Waals surface area contributed by atoms with Gasteiger partial charge in [0.2, 0.25) is 23.3 Å². The summed E-state index contributed by atoms with van der Waals surface area (Å²) in [6.07, 6.45) is -75.3. The number of ether oxygens (including phenoxy) is 4. The van der Waals surface area contributed by atoms with Gasteiger partial charge in [0, 0.05) is 0 Å². The highest BCUT2D eigenvalue weighted by atomic mass is 19.5. The number of esters is 4. The molecule has 9 nitrogen and oxygen atoms in total. The zero-order valence-corrected chi connectivity index (χ0v) is 55.3. The molecule has 0 saturated carbocycles. The quantitative estimate of drug-likeness (QED) is 0.0311. The van der Waals surface area contributed by atoms with Crippen LogP contribution in [0.25, 0.3) is 0 Å². The molecule has 0 aromatic carbocycles. The Labute approximate surface area is 608 Å². The van der Waals surface area contributed by atoms with Gasteiger partial charge in [0.1, 0.15) is 31.6 Å². The molecule has 0 aliphatic carbocycles. The number of halogens is 54. The van der Waals surface area contributed by atoms with Crippen LogP contribution in [0.2, 0.25) is 0 Å². The van der Waals surface area contributed by atoms with Crippen molar-refractivity contribution in [2.24, 2.45) is 0 Å². The Hall–Kier alpha value is -8.31. The van der Waals surface area contributed by atoms with Crippen molar-refractivity contribution in [2.75, 3.05) is 7.11 Å². The summed E-state index contributed by atoms with van der Waals surface area (Å²) in [6.45, 7) is 11.8. The topological polar surface area (TPSA) is 122 Å². The molecule has 0 aliphatic heterocycles. The molecule has 116 heavy (non-hydrogen) atoms. The first-order valence-electron chi connectivity index (χ1n) is 26.6. The second-order valence-electron chi connectivity index (χ2n) is 19.1. The summed E-state index contributed by atoms with van der Waals surface area (Å²) in [5, 5.41) is 0. The van der Waals surface area contributed by atoms with E-state index < -0.39 is 218 Å². The molecule has 0 rings (SSSR count). The molecule has 0 aliphatic rings. The summed E-state index contributed by atoms with van der Waals surface area (Å²) in [5.74, 6) is -76.1. The number of ketones is 1. The van der Waals surface area contributed by atoms with Gasteiger partial charge in [-0.05, 0) is 53.0 Å². The SMILES string of the molecule is C.C/C=C(/C)CCCCC.C/C=C(\C)C(C)=O.COC(=O)/C(F)=C/F.F/C(=C/C(F)(F)F)C(F)(F)C(F)(F)C(F)(F)C(F)(F)F.F/C=C(/F)C(F)(F)C(F)(F)C(F)(F)C(F)(F)C(F)(F)F.O=C(OC(C(F)(F)F)C(F)(F)F)/C(=C/F)C(F)(F)F.O=C(OC(C(F)(F)F)C(F)(F)F)/C(F)=C/F.O=C(OC(C(F)(F)F)C(F)(F)F)/C(F)=C\F. The smallest absolute Gasteiger partial charge is 0.460 e. The Morgan fingerprint density at radius 2 is 0.612 bits per heavy atom. The standard InChI is InChI=1S/C9H18.2C7HF13.C7H2F10O2.2C6H2F8O2.C6H10O.C4H4F2O2.CH4/c1-4-6-7-8-9(3)5-2;8-1-2(9)3(10,11)4(12,13)5(14,15)6(16,17)7(18,19)20;8-2(1-3(9,10)11)4(12,13)5(14,15)6(16,17)7(18,19)20;8-1-2(5(9,10)11)3(18)19-4(6(12,13)14)7(15,16)17;2*7-1-2(8)3(15)16-4(5(9,10)11)6(12,13)14;1-4-5(2)6(3)7;1-8-4(7)3(6)2-5;/h5H,4,6-8H2,1-3H3;2*1H;1,4H;2*1,4H;4H,1-3H3;2H,1H3;1H4/b9-5-;2*2-1+;2-1-;2-1+;2-1-;5-4+;3-2-;. The summed E-state index contributed by atoms with van der Waals surface area (Å²) in [4.78, 5) is 51.0. The van der Waals surface area contributed by atoms with E-state index in [0.717, 1.165) is 12.7 Å². The van der Waals surface area contributed by atoms with Crippen LogP contribution < -0.4 is 0 Å². The van der Waals surface area contributed by atoms with E-state index >= 15 is 0 Å². The number of rotatable bonds is 19. The van der Waals surface area contributed by atoms with Gasteiger partial charge in [-0.1, -0.05) is 44.9 Å². The van der Waals surface area contributed by atoms with Gasteiger partial charge in [-0.25, -0.2) is 49.9 Å². The van der Waals surface area contributed by atoms with E-state index in [0.29, 0.717) is 0 Å². The predicted molar refractivity (Wildman–Crippen MR) is 277 cm³/mol. The van der Waals surface area contributed by atoms with Crippen molar-refractivity contribution in [2.45, 2.75) is 196 Å². The third kappa shape index (κ3) is 41.7. The first-order chi connectivity index (χ1) is 50.3. The zero-order chi connectivity index (χ0) is 95.1. The van der Waals surface area contributed by atoms with Gasteiger partial charge < -0.3 is 18.9 Å². The van der Waals surface area contributed by atoms with Gasteiger partial charge in [0.25, 0.3) is 18.3 Å². The van der Waals surface area contributed by atoms with Gasteiger partial charge in [-0.2, -0.15) is 206 Å². The van der Waals surface area contributed by atoms with Crippen molar-refractivity contribution in [1.29, 1.82) is 0 Å². The van der Waals surface area contributed by atoms with Crippen LogP contribution in [-0.2, 0) is 42.9 Å². The van der Waals surface area contributed by atoms with E-state index in [1.54, 1.807) is 6.92 Å². The van der Waals surface area contributed by atoms with Crippen molar-refractivity contribution < 1.29 is 280 Å². The lowest BCUT2D eigenvalue weighted by molar-refractivity contribution is -0.419. The van der Waals surface area contributed by atoms with E-state index in [4.69, 9.17) is 0 Å². The molecule has 0 spiro atoms. The Balaban J connectivity index is -0.000000164. The molecule has 0 saturated heterocycles. The molecule has 0 atom stereocenters. The second-order valence-corrected chi connectivity index (χ2v) is 19.1. The number of unbranched alkanes of at least 4 members (excludes halogenated alkanes) is 2. The molecule has 0 heterocycles. The number of hydrogen-bond acceptors (Lipinski definition) is 9. The van der Waals surface area contributed by atoms with Crippen LogP contribution in [0.4, 0.5) is 237 Å². The van der Waals surface area contributed by atoms with Crippen LogP contribution in [0.3, 0.4) is 0 Å². The zero-order valence-electron chi connectivity index (χ0n) is 55.3. The minimum absolute atomic E-state index is 0. The predicted octanol–water partition coefficient (Wildman–Crippen LogP) is 25.4. The second kappa shape index (κ2) is 47.9. The fourth-order valence-electron chi connectivity index (χ4n) is 4.46. The number of alkyl halides is 44. The first-order valence-corrected chi connectivity index (χ1v) is 26.6. The summed E-state index contributed by atoms with van der Waals surface area (Å²) in [5.41, 5.74) is -0.561. The van der Waals surface area contributed by atoms with E-state index in [2.05, 4.69) is 45.8 Å². The lowest BCUT2D eigenvalue weighted by atomic mass is 9.97. The van der Waals surface area contributed by atoms with Crippen LogP contribution in [0, 0.1) is 0 Å². The van der Waals surface area contributed by atoms with E-state index in [9.17, 15) is 261 Å². The molecule has 0 N–H and O–H groups in total. The number of carbonyl (C=O) groups is 5. The van der Waals surface area contributed by atoms with Crippen LogP contribution >= 0.6 is 0 Å². The highest BCUT2D eigenvalue weighted by Crippen LogP contribution is 2.60. The van der Waals surface area contributed by atoms with Gasteiger partial charge in [0.15, 0.2) is 17.2 Å². The highest BCUT2D eigenvalue weighted by molar-refractivity contribution is 5.92. The van der Waals surface area contributed by atoms with Crippen LogP contribution in [0.5, 0.6) is 0 Å². The molecule has 0 fully saturated rings. The molecule has 0 bridgehead atoms. The maximum atomic E-state index is 12.5. The molecule has 0 aromatic heterocycles. The van der Waals surface area contributed by atoms with Crippen LogP contribution in [0.15, 0.2) is 95.7 Å². The van der Waals surface area contributed by atoms with E-state index in [1.807, 2.05) is 19.9 Å². The van der Waals surface area contributed by atoms with Crippen molar-refractivity contribution in [3.63, 3.8) is 0 Å². The molecule has 63 heteroatoms. The largest absolute Gasteiger partial charge is 0.464 e. The van der Waals surface area contributed by atoms with E-state index in [1.165, 1.54) is 31.3 Å². The molecule has 0 unspecified atom stereocenters. The molecule has 0 radical (unpaired) electrons. The Morgan fingerprint density at radius 1 is 0.345 bits per heavy atom. The Bertz CT molecular complexity index is 3150. The summed E-state index contributed by atoms with van der Waals surface area (Å²) >= 11 is 0. The lowest BCUT2D eigenvalue weighted by Gasteiger charge is -2.36. The monoisotopic (exact) mass is 1850 g/mol. The highest BCUT2D eigenvalue weighted by Gasteiger charge is 2.88. The third-order valence-electron chi connectivity index (χ3n) is 10.5. The normalized spacial score (nSPS) is 14.4. The average Bonchev–Trinajstić information content (AvgIpc) is 0.725. The van der Waals surface area contributed by atoms with Crippen LogP contribution in [-0.4, -0.2) is 158 Å². The number of hydrogen-bond donors (Lipinski definition) is 0. The number of methoxy groups -OCH3 is 1. The number of allylic oxidation sites excluding steroid dienone is 7. The Morgan fingerprint density at radius 3 is 0.802 bits per heavy atom.